The Morgan fingerprint density at radius 2 is 2.17 bits per heavy atom. The van der Waals surface area contributed by atoms with Crippen LogP contribution in [0.15, 0.2) is 23.1 Å². The third-order valence-electron chi connectivity index (χ3n) is 3.64. The van der Waals surface area contributed by atoms with Crippen LogP contribution in [-0.4, -0.2) is 5.25 Å². The van der Waals surface area contributed by atoms with Crippen LogP contribution in [0.25, 0.3) is 0 Å². The van der Waals surface area contributed by atoms with Crippen LogP contribution >= 0.6 is 11.8 Å². The number of rotatable bonds is 3. The Morgan fingerprint density at radius 3 is 2.83 bits per heavy atom. The van der Waals surface area contributed by atoms with Crippen molar-refractivity contribution in [2.75, 3.05) is 0 Å². The van der Waals surface area contributed by atoms with E-state index >= 15 is 0 Å². The topological polar surface area (TPSA) is 26.0 Å². The molecule has 0 saturated heterocycles. The van der Waals surface area contributed by atoms with Crippen molar-refractivity contribution in [2.45, 2.75) is 55.7 Å². The van der Waals surface area contributed by atoms with Crippen molar-refractivity contribution in [1.82, 2.24) is 0 Å². The zero-order valence-electron chi connectivity index (χ0n) is 11.2. The van der Waals surface area contributed by atoms with Crippen molar-refractivity contribution >= 4 is 11.8 Å². The first-order chi connectivity index (χ1) is 8.56. The van der Waals surface area contributed by atoms with Crippen LogP contribution in [-0.2, 0) is 0 Å². The van der Waals surface area contributed by atoms with Crippen LogP contribution in [0.5, 0.6) is 0 Å². The third kappa shape index (κ3) is 3.48. The van der Waals surface area contributed by atoms with Gasteiger partial charge in [-0.05, 0) is 49.4 Å². The third-order valence-corrected chi connectivity index (χ3v) is 5.03. The molecule has 3 atom stereocenters. The van der Waals surface area contributed by atoms with Gasteiger partial charge in [0.1, 0.15) is 5.82 Å². The molecule has 0 aromatic heterocycles. The van der Waals surface area contributed by atoms with Gasteiger partial charge in [-0.3, -0.25) is 0 Å². The molecular weight excluding hydrogens is 245 g/mol. The molecule has 3 unspecified atom stereocenters. The Kier molecular flexibility index (Phi) is 4.68. The lowest BCUT2D eigenvalue weighted by atomic mass is 9.91. The molecule has 1 aromatic rings. The Bertz CT molecular complexity index is 405. The van der Waals surface area contributed by atoms with Crippen LogP contribution in [0, 0.1) is 11.7 Å². The van der Waals surface area contributed by atoms with Gasteiger partial charge in [-0.1, -0.05) is 19.8 Å². The molecule has 0 amide bonds. The summed E-state index contributed by atoms with van der Waals surface area (Å²) in [5.74, 6) is 0.624. The maximum atomic E-state index is 13.3. The Morgan fingerprint density at radius 1 is 1.39 bits per heavy atom. The predicted octanol–water partition coefficient (Wildman–Crippen LogP) is 4.52. The highest BCUT2D eigenvalue weighted by Crippen LogP contribution is 2.38. The molecule has 1 fully saturated rings. The lowest BCUT2D eigenvalue weighted by molar-refractivity contribution is 0.394. The minimum atomic E-state index is -0.191. The Labute approximate surface area is 113 Å². The highest BCUT2D eigenvalue weighted by molar-refractivity contribution is 8.00. The quantitative estimate of drug-likeness (QED) is 0.871. The van der Waals surface area contributed by atoms with Gasteiger partial charge in [-0.25, -0.2) is 4.39 Å². The van der Waals surface area contributed by atoms with E-state index in [0.717, 1.165) is 16.4 Å². The van der Waals surface area contributed by atoms with Crippen LogP contribution in [0.4, 0.5) is 4.39 Å². The van der Waals surface area contributed by atoms with Crippen molar-refractivity contribution in [2.24, 2.45) is 11.7 Å². The van der Waals surface area contributed by atoms with Crippen molar-refractivity contribution in [3.05, 3.63) is 29.6 Å². The van der Waals surface area contributed by atoms with Crippen molar-refractivity contribution in [3.8, 4) is 0 Å². The SMILES string of the molecule is CC1CCCC(Sc2ccc(F)cc2C(C)N)C1. The van der Waals surface area contributed by atoms with E-state index in [9.17, 15) is 4.39 Å². The van der Waals surface area contributed by atoms with E-state index in [1.54, 1.807) is 12.1 Å². The zero-order valence-corrected chi connectivity index (χ0v) is 12.0. The second-order valence-electron chi connectivity index (χ2n) is 5.48. The van der Waals surface area contributed by atoms with Crippen LogP contribution in [0.3, 0.4) is 0 Å². The van der Waals surface area contributed by atoms with Gasteiger partial charge in [0, 0.05) is 16.2 Å². The summed E-state index contributed by atoms with van der Waals surface area (Å²) in [6.45, 7) is 4.24. The van der Waals surface area contributed by atoms with Gasteiger partial charge >= 0.3 is 0 Å². The molecule has 0 aliphatic heterocycles. The standard InChI is InChI=1S/C15H22FNS/c1-10-4-3-5-13(8-10)18-15-7-6-12(16)9-14(15)11(2)17/h6-7,9-11,13H,3-5,8,17H2,1-2H3. The average molecular weight is 267 g/mol. The van der Waals surface area contributed by atoms with Gasteiger partial charge < -0.3 is 5.73 Å². The molecule has 0 radical (unpaired) electrons. The van der Waals surface area contributed by atoms with Gasteiger partial charge in [0.2, 0.25) is 0 Å². The second kappa shape index (κ2) is 6.07. The maximum absolute atomic E-state index is 13.3. The highest BCUT2D eigenvalue weighted by atomic mass is 32.2. The number of hydrogen-bond donors (Lipinski definition) is 1. The van der Waals surface area contributed by atoms with E-state index < -0.39 is 0 Å². The number of nitrogens with two attached hydrogens (primary N) is 1. The van der Waals surface area contributed by atoms with Crippen LogP contribution in [0.1, 0.15) is 51.1 Å². The first-order valence-electron chi connectivity index (χ1n) is 6.78. The molecule has 1 aliphatic carbocycles. The van der Waals surface area contributed by atoms with Gasteiger partial charge in [0.15, 0.2) is 0 Å². The minimum absolute atomic E-state index is 0.107. The lowest BCUT2D eigenvalue weighted by Gasteiger charge is -2.27. The monoisotopic (exact) mass is 267 g/mol. The Balaban J connectivity index is 2.12. The summed E-state index contributed by atoms with van der Waals surface area (Å²) >= 11 is 1.89. The van der Waals surface area contributed by atoms with Crippen molar-refractivity contribution in [1.29, 1.82) is 0 Å². The molecule has 1 nitrogen and oxygen atoms in total. The number of thioether (sulfide) groups is 1. The van der Waals surface area contributed by atoms with Gasteiger partial charge in [0.05, 0.1) is 0 Å². The maximum Gasteiger partial charge on any atom is 0.123 e. The number of hydrogen-bond acceptors (Lipinski definition) is 2. The van der Waals surface area contributed by atoms with E-state index in [0.29, 0.717) is 5.25 Å². The van der Waals surface area contributed by atoms with Gasteiger partial charge in [-0.2, -0.15) is 0 Å². The average Bonchev–Trinajstić information content (AvgIpc) is 2.31. The van der Waals surface area contributed by atoms with E-state index in [2.05, 4.69) is 6.92 Å². The van der Waals surface area contributed by atoms with E-state index in [1.807, 2.05) is 24.8 Å². The second-order valence-corrected chi connectivity index (χ2v) is 6.82. The van der Waals surface area contributed by atoms with E-state index in [-0.39, 0.29) is 11.9 Å². The summed E-state index contributed by atoms with van der Waals surface area (Å²) in [7, 11) is 0. The molecule has 0 heterocycles. The molecule has 100 valence electrons. The fraction of sp³-hybridized carbons (Fsp3) is 0.600. The van der Waals surface area contributed by atoms with E-state index in [1.165, 1.54) is 25.7 Å². The van der Waals surface area contributed by atoms with Crippen molar-refractivity contribution < 1.29 is 4.39 Å². The van der Waals surface area contributed by atoms with Crippen molar-refractivity contribution in [3.63, 3.8) is 0 Å². The fourth-order valence-electron chi connectivity index (χ4n) is 2.65. The molecule has 1 saturated carbocycles. The summed E-state index contributed by atoms with van der Waals surface area (Å²) in [6, 6.07) is 4.90. The minimum Gasteiger partial charge on any atom is -0.324 e. The smallest absolute Gasteiger partial charge is 0.123 e. The van der Waals surface area contributed by atoms with E-state index in [4.69, 9.17) is 5.73 Å². The molecule has 0 bridgehead atoms. The molecule has 3 heteroatoms. The fourth-order valence-corrected chi connectivity index (χ4v) is 4.24. The number of benzene rings is 1. The van der Waals surface area contributed by atoms with Crippen LogP contribution in [0.2, 0.25) is 0 Å². The molecule has 0 spiro atoms. The molecule has 1 aliphatic rings. The largest absolute Gasteiger partial charge is 0.324 e. The van der Waals surface area contributed by atoms with Crippen LogP contribution < -0.4 is 5.73 Å². The Hall–Kier alpha value is -0.540. The molecule has 1 aromatic carbocycles. The lowest BCUT2D eigenvalue weighted by Crippen LogP contribution is -2.16. The normalized spacial score (nSPS) is 26.0. The summed E-state index contributed by atoms with van der Waals surface area (Å²) in [6.07, 6.45) is 5.19. The highest BCUT2D eigenvalue weighted by Gasteiger charge is 2.21. The molecule has 2 rings (SSSR count). The molecule has 18 heavy (non-hydrogen) atoms. The first kappa shape index (κ1) is 13.9. The summed E-state index contributed by atoms with van der Waals surface area (Å²) in [5, 5.41) is 0.664. The zero-order chi connectivity index (χ0) is 13.1. The number of halogens is 1. The summed E-state index contributed by atoms with van der Waals surface area (Å²) in [4.78, 5) is 1.16. The first-order valence-corrected chi connectivity index (χ1v) is 7.66. The predicted molar refractivity (Wildman–Crippen MR) is 76.3 cm³/mol. The molecular formula is C15H22FNS. The van der Waals surface area contributed by atoms with Gasteiger partial charge in [0.25, 0.3) is 0 Å². The summed E-state index contributed by atoms with van der Waals surface area (Å²) < 4.78 is 13.3. The summed E-state index contributed by atoms with van der Waals surface area (Å²) in [5.41, 5.74) is 6.88. The van der Waals surface area contributed by atoms with Gasteiger partial charge in [-0.15, -0.1) is 11.8 Å². The molecule has 2 N–H and O–H groups in total.